The Kier molecular flexibility index (Phi) is 10.1. The number of aliphatic hydroxyl groups excluding tert-OH is 1. The first-order valence-electron chi connectivity index (χ1n) is 16.3. The molecule has 1 saturated carbocycles. The minimum Gasteiger partial charge on any atom is -0.381 e. The molecule has 3 aliphatic rings. The second-order valence-corrected chi connectivity index (χ2v) is 15.8. The van der Waals surface area contributed by atoms with E-state index in [4.69, 9.17) is 0 Å². The summed E-state index contributed by atoms with van der Waals surface area (Å²) in [6.45, 7) is 16.2. The van der Waals surface area contributed by atoms with E-state index in [0.29, 0.717) is 19.5 Å². The maximum Gasteiger partial charge on any atom is 0.315 e. The molecule has 7 atom stereocenters. The third-order valence-electron chi connectivity index (χ3n) is 9.63. The molecule has 0 spiro atoms. The summed E-state index contributed by atoms with van der Waals surface area (Å²) in [6.07, 6.45) is -1.04. The lowest BCUT2D eigenvalue weighted by Crippen LogP contribution is -2.62. The van der Waals surface area contributed by atoms with Crippen molar-refractivity contribution in [3.8, 4) is 0 Å². The van der Waals surface area contributed by atoms with E-state index in [-0.39, 0.29) is 42.0 Å². The van der Waals surface area contributed by atoms with Gasteiger partial charge in [0.15, 0.2) is 6.10 Å². The van der Waals surface area contributed by atoms with E-state index < -0.39 is 58.9 Å². The van der Waals surface area contributed by atoms with Crippen molar-refractivity contribution >= 4 is 29.7 Å². The third-order valence-corrected chi connectivity index (χ3v) is 9.63. The number of piperidine rings is 1. The number of nitrogens with one attached hydrogen (secondary N) is 5. The summed E-state index contributed by atoms with van der Waals surface area (Å²) in [4.78, 5) is 68.4. The number of benzene rings is 1. The van der Waals surface area contributed by atoms with Gasteiger partial charge in [0.2, 0.25) is 17.7 Å². The molecule has 6 amide bonds. The van der Waals surface area contributed by atoms with Crippen LogP contribution in [0.25, 0.3) is 0 Å². The molecule has 1 aliphatic carbocycles. The van der Waals surface area contributed by atoms with Crippen LogP contribution in [0.5, 0.6) is 0 Å². The summed E-state index contributed by atoms with van der Waals surface area (Å²) in [6, 6.07) is 5.91. The fourth-order valence-corrected chi connectivity index (χ4v) is 6.92. The van der Waals surface area contributed by atoms with Crippen LogP contribution < -0.4 is 26.6 Å². The highest BCUT2D eigenvalue weighted by Gasteiger charge is 2.70. The number of fused-ring (bicyclic) bond motifs is 1. The largest absolute Gasteiger partial charge is 0.381 e. The molecule has 3 fully saturated rings. The molecule has 6 N–H and O–H groups in total. The van der Waals surface area contributed by atoms with Crippen molar-refractivity contribution in [2.24, 2.45) is 28.6 Å². The number of amides is 6. The van der Waals surface area contributed by atoms with Crippen molar-refractivity contribution in [2.45, 2.75) is 105 Å². The van der Waals surface area contributed by atoms with Crippen molar-refractivity contribution < 1.29 is 29.1 Å². The van der Waals surface area contributed by atoms with Gasteiger partial charge in [0.05, 0.1) is 6.04 Å². The summed E-state index contributed by atoms with van der Waals surface area (Å²) in [5, 5.41) is 25.3. The van der Waals surface area contributed by atoms with Crippen LogP contribution >= 0.6 is 0 Å². The summed E-state index contributed by atoms with van der Waals surface area (Å²) in [7, 11) is 0. The smallest absolute Gasteiger partial charge is 0.315 e. The fraction of sp³-hybridized carbons (Fsp3) is 0.676. The van der Waals surface area contributed by atoms with Gasteiger partial charge in [-0.25, -0.2) is 4.79 Å². The van der Waals surface area contributed by atoms with Gasteiger partial charge in [-0.1, -0.05) is 65.0 Å². The lowest BCUT2D eigenvalue weighted by atomic mass is 9.85. The predicted molar refractivity (Wildman–Crippen MR) is 173 cm³/mol. The molecular formula is C34H52N6O6. The zero-order valence-corrected chi connectivity index (χ0v) is 28.4. The number of urea groups is 1. The number of carbonyl (C=O) groups is 5. The highest BCUT2D eigenvalue weighted by Crippen LogP contribution is 2.65. The molecule has 2 saturated heterocycles. The average molecular weight is 641 g/mol. The van der Waals surface area contributed by atoms with Crippen molar-refractivity contribution in [1.82, 2.24) is 31.5 Å². The summed E-state index contributed by atoms with van der Waals surface area (Å²) in [5.41, 5.74) is -0.531. The van der Waals surface area contributed by atoms with Crippen LogP contribution in [0, 0.1) is 28.6 Å². The SMILES string of the molecule is CC(C)(C)NC(=O)N[C@H](C(=O)N1C[C@H]2[C@@H]([C@H]1C(=O)N[C@@H](C[C@@H]1CCNC1=O)[C@@H](O)C(=O)NCc1ccccc1)C2(C)C)C(C)(C)C. The maximum absolute atomic E-state index is 14.2. The first kappa shape index (κ1) is 35.2. The zero-order chi connectivity index (χ0) is 34.2. The molecule has 46 heavy (non-hydrogen) atoms. The van der Waals surface area contributed by atoms with Crippen molar-refractivity contribution in [2.75, 3.05) is 13.1 Å². The molecule has 1 aromatic rings. The van der Waals surface area contributed by atoms with Crippen molar-refractivity contribution in [1.29, 1.82) is 0 Å². The number of hydrogen-bond donors (Lipinski definition) is 6. The normalized spacial score (nSPS) is 25.4. The maximum atomic E-state index is 14.2. The van der Waals surface area contributed by atoms with E-state index in [0.717, 1.165) is 5.56 Å². The molecule has 12 nitrogen and oxygen atoms in total. The minimum absolute atomic E-state index is 0.0643. The molecule has 0 bridgehead atoms. The van der Waals surface area contributed by atoms with Crippen molar-refractivity contribution in [3.63, 3.8) is 0 Å². The molecule has 2 aliphatic heterocycles. The molecule has 0 aromatic heterocycles. The van der Waals surface area contributed by atoms with E-state index in [2.05, 4.69) is 40.4 Å². The fourth-order valence-electron chi connectivity index (χ4n) is 6.92. The average Bonchev–Trinajstić information content (AvgIpc) is 3.30. The summed E-state index contributed by atoms with van der Waals surface area (Å²) >= 11 is 0. The van der Waals surface area contributed by atoms with Gasteiger partial charge in [-0.05, 0) is 61.8 Å². The van der Waals surface area contributed by atoms with Gasteiger partial charge in [-0.15, -0.1) is 0 Å². The number of rotatable bonds is 10. The zero-order valence-electron chi connectivity index (χ0n) is 28.4. The summed E-state index contributed by atoms with van der Waals surface area (Å²) in [5.74, 6) is -2.26. The van der Waals surface area contributed by atoms with Crippen LogP contribution in [0.4, 0.5) is 4.79 Å². The van der Waals surface area contributed by atoms with E-state index in [9.17, 15) is 29.1 Å². The minimum atomic E-state index is -1.63. The van der Waals surface area contributed by atoms with Gasteiger partial charge in [-0.2, -0.15) is 0 Å². The van der Waals surface area contributed by atoms with Gasteiger partial charge in [0.1, 0.15) is 12.1 Å². The first-order chi connectivity index (χ1) is 21.3. The monoisotopic (exact) mass is 640 g/mol. The Morgan fingerprint density at radius 3 is 2.26 bits per heavy atom. The van der Waals surface area contributed by atoms with Gasteiger partial charge < -0.3 is 36.6 Å². The van der Waals surface area contributed by atoms with Crippen LogP contribution in [0.2, 0.25) is 0 Å². The van der Waals surface area contributed by atoms with Gasteiger partial charge in [0, 0.05) is 31.1 Å². The van der Waals surface area contributed by atoms with Crippen LogP contribution in [0.1, 0.15) is 73.8 Å². The number of likely N-dealkylation sites (tertiary alicyclic amines) is 1. The molecule has 254 valence electrons. The molecule has 2 heterocycles. The van der Waals surface area contributed by atoms with E-state index >= 15 is 0 Å². The molecular weight excluding hydrogens is 588 g/mol. The van der Waals surface area contributed by atoms with Crippen LogP contribution in [-0.4, -0.2) is 82.5 Å². The molecule has 4 rings (SSSR count). The highest BCUT2D eigenvalue weighted by atomic mass is 16.3. The number of aliphatic hydroxyl groups is 1. The first-order valence-corrected chi connectivity index (χ1v) is 16.3. The Morgan fingerprint density at radius 2 is 1.70 bits per heavy atom. The second-order valence-electron chi connectivity index (χ2n) is 15.8. The van der Waals surface area contributed by atoms with E-state index in [1.54, 1.807) is 4.90 Å². The Balaban J connectivity index is 1.55. The van der Waals surface area contributed by atoms with Crippen molar-refractivity contribution in [3.05, 3.63) is 35.9 Å². The number of carbonyl (C=O) groups excluding carboxylic acids is 5. The quantitative estimate of drug-likeness (QED) is 0.227. The Labute approximate surface area is 272 Å². The van der Waals surface area contributed by atoms with Gasteiger partial charge in [-0.3, -0.25) is 19.2 Å². The van der Waals surface area contributed by atoms with Crippen LogP contribution in [-0.2, 0) is 25.7 Å². The summed E-state index contributed by atoms with van der Waals surface area (Å²) < 4.78 is 0. The topological polar surface area (TPSA) is 169 Å². The van der Waals surface area contributed by atoms with Gasteiger partial charge in [0.25, 0.3) is 5.91 Å². The van der Waals surface area contributed by atoms with Crippen LogP contribution in [0.15, 0.2) is 30.3 Å². The highest BCUT2D eigenvalue weighted by molar-refractivity contribution is 5.94. The molecule has 12 heteroatoms. The second kappa shape index (κ2) is 13.2. The Hall–Kier alpha value is -3.67. The molecule has 0 unspecified atom stereocenters. The lowest BCUT2D eigenvalue weighted by molar-refractivity contribution is -0.145. The van der Waals surface area contributed by atoms with E-state index in [1.165, 1.54) is 0 Å². The molecule has 0 radical (unpaired) electrons. The number of nitrogens with zero attached hydrogens (tertiary/aromatic N) is 1. The molecule has 1 aromatic carbocycles. The van der Waals surface area contributed by atoms with E-state index in [1.807, 2.05) is 71.9 Å². The lowest BCUT2D eigenvalue weighted by Gasteiger charge is -2.38. The predicted octanol–water partition coefficient (Wildman–Crippen LogP) is 1.67. The Morgan fingerprint density at radius 1 is 1.04 bits per heavy atom. The van der Waals surface area contributed by atoms with Gasteiger partial charge >= 0.3 is 6.03 Å². The number of hydrogen-bond acceptors (Lipinski definition) is 6. The standard InChI is InChI=1S/C34H52N6O6/c1-32(2,3)26(38-31(46)39-33(4,5)6)30(45)40-18-21-23(34(21,7)8)24(40)28(43)37-22(16-20-14-15-35-27(20)42)25(41)29(44)36-17-19-12-10-9-11-13-19/h9-13,20-26,41H,14-18H2,1-8H3,(H,35,42)(H,36,44)(H,37,43)(H2,38,39,46)/t20-,21-,22-,23-,24-,25+,26+/m0/s1. The third kappa shape index (κ3) is 8.00. The Bertz CT molecular complexity index is 1320. The van der Waals surface area contributed by atoms with Crippen LogP contribution in [0.3, 0.4) is 0 Å².